The lowest BCUT2D eigenvalue weighted by Crippen LogP contribution is -2.63. The number of benzene rings is 1. The average Bonchev–Trinajstić information content (AvgIpc) is 3.14. The quantitative estimate of drug-likeness (QED) is 0.383. The standard InChI is InChI=1S/C24H29F6N5O3/c1-2-38-22(37)14-3-6-17(7-4-14)34-11-16(12-34)32-20(36)10-31-21-18-9-15(24(28,29)30)5-8-19(18)35(33-21)13-23(25,26)27/h5,8-9,14,16-17H,2-4,6-7,10-13H2,1H3,(H,31,33)(H,32,36). The molecule has 1 saturated carbocycles. The maximum absolute atomic E-state index is 13.2. The van der Waals surface area contributed by atoms with Crippen LogP contribution in [0.5, 0.6) is 0 Å². The molecule has 0 spiro atoms. The molecular formula is C24H29F6N5O3. The molecule has 0 bridgehead atoms. The van der Waals surface area contributed by atoms with Gasteiger partial charge in [-0.3, -0.25) is 19.2 Å². The van der Waals surface area contributed by atoms with E-state index in [0.29, 0.717) is 36.5 Å². The van der Waals surface area contributed by atoms with Crippen molar-refractivity contribution >= 4 is 28.6 Å². The Bertz CT molecular complexity index is 1150. The Kier molecular flexibility index (Phi) is 8.09. The Balaban J connectivity index is 1.30. The number of alkyl halides is 6. The van der Waals surface area contributed by atoms with Crippen LogP contribution in [0, 0.1) is 5.92 Å². The molecule has 1 aromatic carbocycles. The number of aromatic nitrogens is 2. The number of nitrogens with zero attached hydrogens (tertiary/aromatic N) is 3. The van der Waals surface area contributed by atoms with Gasteiger partial charge in [-0.2, -0.15) is 31.4 Å². The van der Waals surface area contributed by atoms with Gasteiger partial charge in [0.05, 0.1) is 36.2 Å². The van der Waals surface area contributed by atoms with Crippen LogP contribution in [0.4, 0.5) is 32.2 Å². The van der Waals surface area contributed by atoms with Gasteiger partial charge >= 0.3 is 18.3 Å². The maximum atomic E-state index is 13.2. The molecule has 2 aliphatic rings. The minimum Gasteiger partial charge on any atom is -0.466 e. The first kappa shape index (κ1) is 28.0. The number of carbonyl (C=O) groups is 2. The number of hydrogen-bond acceptors (Lipinski definition) is 6. The average molecular weight is 550 g/mol. The summed E-state index contributed by atoms with van der Waals surface area (Å²) in [4.78, 5) is 26.6. The zero-order chi connectivity index (χ0) is 27.7. The lowest BCUT2D eigenvalue weighted by Gasteiger charge is -2.46. The summed E-state index contributed by atoms with van der Waals surface area (Å²) in [5, 5.41) is 9.03. The summed E-state index contributed by atoms with van der Waals surface area (Å²) in [6.45, 7) is 1.54. The van der Waals surface area contributed by atoms with Crippen LogP contribution in [-0.2, 0) is 27.0 Å². The minimum atomic E-state index is -4.69. The molecule has 8 nitrogen and oxygen atoms in total. The fraction of sp³-hybridized carbons (Fsp3) is 0.625. The van der Waals surface area contributed by atoms with Gasteiger partial charge in [-0.1, -0.05) is 0 Å². The van der Waals surface area contributed by atoms with Gasteiger partial charge in [-0.05, 0) is 50.8 Å². The zero-order valence-electron chi connectivity index (χ0n) is 20.7. The van der Waals surface area contributed by atoms with Gasteiger partial charge in [0.1, 0.15) is 6.54 Å². The van der Waals surface area contributed by atoms with E-state index in [1.54, 1.807) is 6.92 Å². The highest BCUT2D eigenvalue weighted by Crippen LogP contribution is 2.35. The third-order valence-corrected chi connectivity index (χ3v) is 6.93. The highest BCUT2D eigenvalue weighted by atomic mass is 19.4. The Hall–Kier alpha value is -3.03. The first-order valence-electron chi connectivity index (χ1n) is 12.4. The Labute approximate surface area is 214 Å². The predicted octanol–water partition coefficient (Wildman–Crippen LogP) is 3.95. The van der Waals surface area contributed by atoms with Crippen molar-refractivity contribution in [3.63, 3.8) is 0 Å². The molecule has 1 aromatic heterocycles. The Morgan fingerprint density at radius 2 is 1.76 bits per heavy atom. The van der Waals surface area contributed by atoms with Crippen LogP contribution in [0.2, 0.25) is 0 Å². The zero-order valence-corrected chi connectivity index (χ0v) is 20.7. The molecule has 0 atom stereocenters. The SMILES string of the molecule is CCOC(=O)C1CCC(N2CC(NC(=O)CNc3nn(CC(F)(F)F)c4ccc(C(F)(F)F)cc34)C2)CC1. The van der Waals surface area contributed by atoms with E-state index in [9.17, 15) is 35.9 Å². The third kappa shape index (κ3) is 6.69. The second kappa shape index (κ2) is 11.0. The van der Waals surface area contributed by atoms with Gasteiger partial charge in [-0.25, -0.2) is 0 Å². The van der Waals surface area contributed by atoms with Crippen molar-refractivity contribution in [2.24, 2.45) is 5.92 Å². The van der Waals surface area contributed by atoms with E-state index >= 15 is 0 Å². The molecule has 38 heavy (non-hydrogen) atoms. The van der Waals surface area contributed by atoms with Gasteiger partial charge in [0, 0.05) is 24.5 Å². The lowest BCUT2D eigenvalue weighted by molar-refractivity contribution is -0.150. The first-order valence-corrected chi connectivity index (χ1v) is 12.4. The number of hydrogen-bond donors (Lipinski definition) is 2. The first-order chi connectivity index (χ1) is 17.8. The molecule has 1 amide bonds. The van der Waals surface area contributed by atoms with Crippen LogP contribution in [0.25, 0.3) is 10.9 Å². The number of rotatable bonds is 8. The fourth-order valence-electron chi connectivity index (χ4n) is 5.06. The summed E-state index contributed by atoms with van der Waals surface area (Å²) < 4.78 is 84.0. The van der Waals surface area contributed by atoms with Gasteiger partial charge in [-0.15, -0.1) is 0 Å². The Morgan fingerprint density at radius 3 is 2.37 bits per heavy atom. The summed E-state index contributed by atoms with van der Waals surface area (Å²) >= 11 is 0. The molecule has 1 saturated heterocycles. The van der Waals surface area contributed by atoms with Crippen LogP contribution in [0.1, 0.15) is 38.2 Å². The van der Waals surface area contributed by atoms with E-state index in [2.05, 4.69) is 20.6 Å². The summed E-state index contributed by atoms with van der Waals surface area (Å²) in [5.41, 5.74) is -1.17. The molecule has 2 aromatic rings. The molecule has 1 aliphatic heterocycles. The monoisotopic (exact) mass is 549 g/mol. The second-order valence-electron chi connectivity index (χ2n) is 9.68. The van der Waals surface area contributed by atoms with Crippen molar-refractivity contribution in [2.75, 3.05) is 31.6 Å². The van der Waals surface area contributed by atoms with Crippen molar-refractivity contribution < 1.29 is 40.7 Å². The van der Waals surface area contributed by atoms with Crippen molar-refractivity contribution in [2.45, 2.75) is 63.6 Å². The van der Waals surface area contributed by atoms with Crippen LogP contribution < -0.4 is 10.6 Å². The maximum Gasteiger partial charge on any atom is 0.416 e. The van der Waals surface area contributed by atoms with Crippen molar-refractivity contribution in [1.82, 2.24) is 20.0 Å². The molecule has 2 N–H and O–H groups in total. The minimum absolute atomic E-state index is 0.0723. The summed E-state index contributed by atoms with van der Waals surface area (Å²) in [6, 6.07) is 2.54. The van der Waals surface area contributed by atoms with Crippen LogP contribution >= 0.6 is 0 Å². The van der Waals surface area contributed by atoms with Gasteiger partial charge in [0.25, 0.3) is 0 Å². The van der Waals surface area contributed by atoms with Crippen LogP contribution in [0.15, 0.2) is 18.2 Å². The van der Waals surface area contributed by atoms with Crippen LogP contribution in [0.3, 0.4) is 0 Å². The number of nitrogens with one attached hydrogen (secondary N) is 2. The number of halogens is 6. The number of ether oxygens (including phenoxy) is 1. The molecule has 14 heteroatoms. The number of likely N-dealkylation sites (tertiary alicyclic amines) is 1. The smallest absolute Gasteiger partial charge is 0.416 e. The van der Waals surface area contributed by atoms with E-state index < -0.39 is 30.4 Å². The summed E-state index contributed by atoms with van der Waals surface area (Å²) in [7, 11) is 0. The predicted molar refractivity (Wildman–Crippen MR) is 125 cm³/mol. The normalized spacial score (nSPS) is 21.2. The number of carbonyl (C=O) groups excluding carboxylic acids is 2. The lowest BCUT2D eigenvalue weighted by atomic mass is 9.84. The molecule has 2 heterocycles. The molecule has 0 radical (unpaired) electrons. The number of amides is 1. The summed E-state index contributed by atoms with van der Waals surface area (Å²) in [6.07, 6.45) is -6.09. The largest absolute Gasteiger partial charge is 0.466 e. The molecule has 4 rings (SSSR count). The van der Waals surface area contributed by atoms with Gasteiger partial charge in [0.2, 0.25) is 5.91 Å². The van der Waals surface area contributed by atoms with Crippen molar-refractivity contribution in [1.29, 1.82) is 0 Å². The van der Waals surface area contributed by atoms with E-state index in [1.807, 2.05) is 0 Å². The molecule has 1 aliphatic carbocycles. The highest BCUT2D eigenvalue weighted by Gasteiger charge is 2.37. The third-order valence-electron chi connectivity index (χ3n) is 6.93. The molecule has 0 unspecified atom stereocenters. The van der Waals surface area contributed by atoms with Gasteiger partial charge < -0.3 is 15.4 Å². The van der Waals surface area contributed by atoms with Crippen LogP contribution in [-0.4, -0.2) is 71.1 Å². The number of anilines is 1. The van der Waals surface area contributed by atoms with E-state index in [4.69, 9.17) is 4.74 Å². The number of esters is 1. The topological polar surface area (TPSA) is 88.5 Å². The van der Waals surface area contributed by atoms with E-state index in [-0.39, 0.29) is 41.2 Å². The summed E-state index contributed by atoms with van der Waals surface area (Å²) in [5.74, 6) is -0.917. The van der Waals surface area contributed by atoms with Gasteiger partial charge in [0.15, 0.2) is 5.82 Å². The van der Waals surface area contributed by atoms with Crippen molar-refractivity contribution in [3.05, 3.63) is 23.8 Å². The highest BCUT2D eigenvalue weighted by molar-refractivity contribution is 5.92. The fourth-order valence-corrected chi connectivity index (χ4v) is 5.06. The number of fused-ring (bicyclic) bond motifs is 1. The molecule has 210 valence electrons. The van der Waals surface area contributed by atoms with E-state index in [1.165, 1.54) is 0 Å². The van der Waals surface area contributed by atoms with Crippen molar-refractivity contribution in [3.8, 4) is 0 Å². The Morgan fingerprint density at radius 1 is 1.08 bits per heavy atom. The molecule has 2 fully saturated rings. The van der Waals surface area contributed by atoms with E-state index in [0.717, 1.165) is 37.8 Å². The second-order valence-corrected chi connectivity index (χ2v) is 9.68. The molecular weight excluding hydrogens is 520 g/mol.